The van der Waals surface area contributed by atoms with Gasteiger partial charge in [0.2, 0.25) is 5.51 Å². The maximum Gasteiger partial charge on any atom is 0.272 e. The monoisotopic (exact) mass is 153 g/mol. The van der Waals surface area contributed by atoms with Gasteiger partial charge < -0.3 is 5.21 Å². The van der Waals surface area contributed by atoms with Crippen LogP contribution >= 0.6 is 11.3 Å². The Morgan fingerprint density at radius 1 is 1.60 bits per heavy atom. The van der Waals surface area contributed by atoms with Gasteiger partial charge in [-0.2, -0.15) is 4.73 Å². The minimum atomic E-state index is 0.535. The first-order valence-electron chi connectivity index (χ1n) is 2.64. The number of fused-ring (bicyclic) bond motifs is 1. The second kappa shape index (κ2) is 1.88. The van der Waals surface area contributed by atoms with Gasteiger partial charge in [-0.1, -0.05) is 0 Å². The summed E-state index contributed by atoms with van der Waals surface area (Å²) in [4.78, 5) is 8.34. The Balaban J connectivity index is 2.93. The smallest absolute Gasteiger partial charge is 0.272 e. The number of rotatable bonds is 0. The van der Waals surface area contributed by atoms with Gasteiger partial charge in [0.1, 0.15) is 12.5 Å². The van der Waals surface area contributed by atoms with Crippen LogP contribution in [0.15, 0.2) is 18.0 Å². The van der Waals surface area contributed by atoms with Crippen LogP contribution in [0.1, 0.15) is 0 Å². The molecule has 0 atom stereocenters. The third-order valence-corrected chi connectivity index (χ3v) is 1.99. The predicted molar refractivity (Wildman–Crippen MR) is 36.4 cm³/mol. The van der Waals surface area contributed by atoms with Crippen molar-refractivity contribution < 1.29 is 4.73 Å². The Labute approximate surface area is 60.4 Å². The molecule has 2 rings (SSSR count). The molecule has 10 heavy (non-hydrogen) atoms. The average Bonchev–Trinajstić information content (AvgIpc) is 2.34. The Hall–Kier alpha value is -1.23. The van der Waals surface area contributed by atoms with Gasteiger partial charge >= 0.3 is 0 Å². The van der Waals surface area contributed by atoms with Crippen molar-refractivity contribution in [3.8, 4) is 0 Å². The van der Waals surface area contributed by atoms with Crippen LogP contribution in [0.4, 0.5) is 0 Å². The highest BCUT2D eigenvalue weighted by molar-refractivity contribution is 7.15. The molecule has 2 heterocycles. The molecule has 4 nitrogen and oxygen atoms in total. The summed E-state index contributed by atoms with van der Waals surface area (Å²) in [7, 11) is 0. The third kappa shape index (κ3) is 0.640. The average molecular weight is 153 g/mol. The van der Waals surface area contributed by atoms with Crippen molar-refractivity contribution in [3.63, 3.8) is 0 Å². The van der Waals surface area contributed by atoms with Gasteiger partial charge in [-0.05, 0) is 11.3 Å². The minimum Gasteiger partial charge on any atom is -0.618 e. The zero-order valence-corrected chi connectivity index (χ0v) is 5.71. The van der Waals surface area contributed by atoms with E-state index in [0.29, 0.717) is 5.52 Å². The SMILES string of the molecule is [O-][n+]1csc2ncncc21. The summed E-state index contributed by atoms with van der Waals surface area (Å²) in [5.41, 5.74) is 1.99. The van der Waals surface area contributed by atoms with Crippen LogP contribution in [0.25, 0.3) is 10.3 Å². The van der Waals surface area contributed by atoms with E-state index in [4.69, 9.17) is 0 Å². The number of nitrogens with zero attached hydrogens (tertiary/aromatic N) is 3. The van der Waals surface area contributed by atoms with Crippen LogP contribution in [0.2, 0.25) is 0 Å². The lowest BCUT2D eigenvalue weighted by Gasteiger charge is -1.87. The number of hydrogen-bond donors (Lipinski definition) is 0. The predicted octanol–water partition coefficient (Wildman–Crippen LogP) is 0.325. The summed E-state index contributed by atoms with van der Waals surface area (Å²) in [6, 6.07) is 0. The summed E-state index contributed by atoms with van der Waals surface area (Å²) >= 11 is 1.31. The molecule has 0 aliphatic carbocycles. The lowest BCUT2D eigenvalue weighted by atomic mass is 10.6. The molecule has 0 spiro atoms. The van der Waals surface area contributed by atoms with Gasteiger partial charge in [-0.15, -0.1) is 0 Å². The summed E-state index contributed by atoms with van der Waals surface area (Å²) in [6.45, 7) is 0. The van der Waals surface area contributed by atoms with Gasteiger partial charge in [-0.3, -0.25) is 0 Å². The standard InChI is InChI=1S/C5H3N3OS/c9-8-3-10-5-4(8)1-6-2-7-5/h1-3H. The van der Waals surface area contributed by atoms with Crippen LogP contribution in [-0.2, 0) is 0 Å². The quantitative estimate of drug-likeness (QED) is 0.404. The van der Waals surface area contributed by atoms with E-state index in [-0.39, 0.29) is 0 Å². The first kappa shape index (κ1) is 5.55. The van der Waals surface area contributed by atoms with Crippen molar-refractivity contribution in [2.45, 2.75) is 0 Å². The van der Waals surface area contributed by atoms with E-state index in [2.05, 4.69) is 9.97 Å². The van der Waals surface area contributed by atoms with Gasteiger partial charge in [0.15, 0.2) is 4.83 Å². The van der Waals surface area contributed by atoms with Crippen LogP contribution in [0.5, 0.6) is 0 Å². The highest BCUT2D eigenvalue weighted by Gasteiger charge is 2.04. The second-order valence-corrected chi connectivity index (χ2v) is 2.60. The molecule has 5 heteroatoms. The second-order valence-electron chi connectivity index (χ2n) is 1.76. The molecule has 2 aromatic heterocycles. The summed E-state index contributed by atoms with van der Waals surface area (Å²) in [5, 5.41) is 10.8. The largest absolute Gasteiger partial charge is 0.618 e. The van der Waals surface area contributed by atoms with Crippen LogP contribution in [-0.4, -0.2) is 9.97 Å². The van der Waals surface area contributed by atoms with Gasteiger partial charge in [0.05, 0.1) is 0 Å². The fourth-order valence-corrected chi connectivity index (χ4v) is 1.39. The van der Waals surface area contributed by atoms with E-state index in [1.807, 2.05) is 0 Å². The molecule has 0 amide bonds. The Morgan fingerprint density at radius 2 is 2.50 bits per heavy atom. The molecule has 0 unspecified atom stereocenters. The number of aromatic nitrogens is 3. The van der Waals surface area contributed by atoms with Crippen molar-refractivity contribution in [3.05, 3.63) is 23.2 Å². The van der Waals surface area contributed by atoms with E-state index in [9.17, 15) is 5.21 Å². The van der Waals surface area contributed by atoms with Gasteiger partial charge in [0, 0.05) is 0 Å². The summed E-state index contributed by atoms with van der Waals surface area (Å²) in [6.07, 6.45) is 2.94. The minimum absolute atomic E-state index is 0.535. The van der Waals surface area contributed by atoms with E-state index >= 15 is 0 Å². The normalized spacial score (nSPS) is 10.4. The molecule has 2 aromatic rings. The van der Waals surface area contributed by atoms with Crippen LogP contribution < -0.4 is 4.73 Å². The lowest BCUT2D eigenvalue weighted by Crippen LogP contribution is -2.22. The first-order valence-corrected chi connectivity index (χ1v) is 3.52. The number of thiazole rings is 1. The van der Waals surface area contributed by atoms with Gasteiger partial charge in [-0.25, -0.2) is 9.97 Å². The zero-order chi connectivity index (χ0) is 6.97. The van der Waals surface area contributed by atoms with Crippen molar-refractivity contribution in [1.82, 2.24) is 9.97 Å². The Bertz CT molecular complexity index is 358. The molecule has 0 N–H and O–H groups in total. The van der Waals surface area contributed by atoms with E-state index < -0.39 is 0 Å². The van der Waals surface area contributed by atoms with Crippen molar-refractivity contribution in [2.24, 2.45) is 0 Å². The molecule has 50 valence electrons. The Kier molecular flexibility index (Phi) is 1.04. The van der Waals surface area contributed by atoms with Crippen LogP contribution in [0.3, 0.4) is 0 Å². The third-order valence-electron chi connectivity index (χ3n) is 1.16. The number of hydrogen-bond acceptors (Lipinski definition) is 4. The highest BCUT2D eigenvalue weighted by atomic mass is 32.1. The van der Waals surface area contributed by atoms with Gasteiger partial charge in [0.25, 0.3) is 5.52 Å². The zero-order valence-electron chi connectivity index (χ0n) is 4.89. The van der Waals surface area contributed by atoms with Crippen molar-refractivity contribution in [2.75, 3.05) is 0 Å². The molecule has 0 bridgehead atoms. The molecule has 0 saturated heterocycles. The van der Waals surface area contributed by atoms with Crippen LogP contribution in [0, 0.1) is 5.21 Å². The molecule has 0 fully saturated rings. The van der Waals surface area contributed by atoms with E-state index in [1.165, 1.54) is 29.4 Å². The lowest BCUT2D eigenvalue weighted by molar-refractivity contribution is -0.572. The molecule has 0 aliphatic heterocycles. The molecular formula is C5H3N3OS. The Morgan fingerprint density at radius 3 is 3.30 bits per heavy atom. The fraction of sp³-hybridized carbons (Fsp3) is 0. The molecule has 0 aliphatic rings. The summed E-state index contributed by atoms with van der Waals surface area (Å²) in [5.74, 6) is 0. The molecule has 0 radical (unpaired) electrons. The summed E-state index contributed by atoms with van der Waals surface area (Å²) < 4.78 is 0.764. The van der Waals surface area contributed by atoms with E-state index in [0.717, 1.165) is 9.56 Å². The molecule has 0 saturated carbocycles. The maximum absolute atomic E-state index is 10.8. The first-order chi connectivity index (χ1) is 4.88. The van der Waals surface area contributed by atoms with E-state index in [1.54, 1.807) is 0 Å². The highest BCUT2D eigenvalue weighted by Crippen LogP contribution is 2.09. The molecular weight excluding hydrogens is 150 g/mol. The van der Waals surface area contributed by atoms with Crippen molar-refractivity contribution >= 4 is 21.7 Å². The maximum atomic E-state index is 10.8. The molecule has 0 aromatic carbocycles. The van der Waals surface area contributed by atoms with Crippen molar-refractivity contribution in [1.29, 1.82) is 0 Å². The fourth-order valence-electron chi connectivity index (χ4n) is 0.708. The topological polar surface area (TPSA) is 52.7 Å².